The summed E-state index contributed by atoms with van der Waals surface area (Å²) in [6.45, 7) is 0. The van der Waals surface area contributed by atoms with E-state index in [2.05, 4.69) is 4.99 Å². The maximum absolute atomic E-state index is 13.2. The first kappa shape index (κ1) is 18.9. The van der Waals surface area contributed by atoms with E-state index in [9.17, 15) is 25.1 Å². The number of non-ortho nitro benzene ring substituents is 1. The monoisotopic (exact) mass is 401 g/mol. The zero-order valence-corrected chi connectivity index (χ0v) is 15.5. The zero-order chi connectivity index (χ0) is 21.3. The van der Waals surface area contributed by atoms with E-state index < -0.39 is 16.6 Å². The third kappa shape index (κ3) is 3.49. The van der Waals surface area contributed by atoms with Crippen molar-refractivity contribution >= 4 is 29.2 Å². The maximum Gasteiger partial charge on any atom is 0.282 e. The summed E-state index contributed by atoms with van der Waals surface area (Å²) in [5.41, 5.74) is 1.21. The number of nitro benzene ring substituents is 1. The molecule has 8 heteroatoms. The predicted octanol–water partition coefficient (Wildman–Crippen LogP) is 3.84. The summed E-state index contributed by atoms with van der Waals surface area (Å²) >= 11 is 0. The summed E-state index contributed by atoms with van der Waals surface area (Å²) in [4.78, 5) is 29.2. The molecule has 1 aliphatic rings. The van der Waals surface area contributed by atoms with Crippen LogP contribution in [-0.2, 0) is 4.79 Å². The van der Waals surface area contributed by atoms with Crippen LogP contribution in [0.3, 0.4) is 0 Å². The second-order valence-electron chi connectivity index (χ2n) is 6.49. The molecule has 0 aromatic heterocycles. The van der Waals surface area contributed by atoms with Gasteiger partial charge in [0.15, 0.2) is 0 Å². The predicted molar refractivity (Wildman–Crippen MR) is 111 cm³/mol. The fourth-order valence-corrected chi connectivity index (χ4v) is 3.06. The minimum atomic E-state index is -0.627. The largest absolute Gasteiger partial charge is 0.508 e. The summed E-state index contributed by atoms with van der Waals surface area (Å²) in [5.74, 6) is -0.520. The first-order valence-corrected chi connectivity index (χ1v) is 8.91. The Bertz CT molecular complexity index is 1200. The summed E-state index contributed by atoms with van der Waals surface area (Å²) in [7, 11) is 0. The lowest BCUT2D eigenvalue weighted by atomic mass is 10.1. The van der Waals surface area contributed by atoms with E-state index in [0.717, 1.165) is 6.07 Å². The zero-order valence-electron chi connectivity index (χ0n) is 15.5. The van der Waals surface area contributed by atoms with Crippen LogP contribution in [0.4, 0.5) is 11.4 Å². The van der Waals surface area contributed by atoms with Gasteiger partial charge in [-0.25, -0.2) is 4.99 Å². The summed E-state index contributed by atoms with van der Waals surface area (Å²) in [6, 6.07) is 18.7. The van der Waals surface area contributed by atoms with Crippen molar-refractivity contribution in [3.8, 4) is 11.5 Å². The number of benzene rings is 3. The number of nitrogens with zero attached hydrogens (tertiary/aromatic N) is 3. The standard InChI is InChI=1S/C22H15N3O5/c26-17-9-6-14(7-10-17)12-18-22(28)24(21(23-18)15-4-2-1-3-5-15)19-11-8-16(25(29)30)13-20(19)27/h1-13,26-27H/b18-12+. The van der Waals surface area contributed by atoms with Gasteiger partial charge in [0.05, 0.1) is 16.7 Å². The molecule has 3 aromatic carbocycles. The number of amides is 1. The van der Waals surface area contributed by atoms with Crippen molar-refractivity contribution in [2.45, 2.75) is 0 Å². The normalized spacial score (nSPS) is 14.8. The number of nitro groups is 1. The smallest absolute Gasteiger partial charge is 0.282 e. The van der Waals surface area contributed by atoms with Gasteiger partial charge in [-0.05, 0) is 29.8 Å². The number of hydrogen-bond donors (Lipinski definition) is 2. The van der Waals surface area contributed by atoms with Crippen molar-refractivity contribution in [1.29, 1.82) is 0 Å². The molecule has 0 spiro atoms. The summed E-state index contributed by atoms with van der Waals surface area (Å²) in [6.07, 6.45) is 1.56. The van der Waals surface area contributed by atoms with Gasteiger partial charge >= 0.3 is 0 Å². The van der Waals surface area contributed by atoms with Gasteiger partial charge in [-0.15, -0.1) is 0 Å². The molecule has 148 valence electrons. The van der Waals surface area contributed by atoms with Crippen molar-refractivity contribution in [1.82, 2.24) is 0 Å². The van der Waals surface area contributed by atoms with Gasteiger partial charge in [-0.1, -0.05) is 42.5 Å². The molecule has 0 fully saturated rings. The average molecular weight is 401 g/mol. The fourth-order valence-electron chi connectivity index (χ4n) is 3.06. The molecule has 4 rings (SSSR count). The first-order chi connectivity index (χ1) is 14.4. The Morgan fingerprint density at radius 3 is 2.30 bits per heavy atom. The van der Waals surface area contributed by atoms with E-state index in [1.165, 1.54) is 29.2 Å². The molecule has 0 atom stereocenters. The number of aromatic hydroxyl groups is 2. The number of phenolic OH excluding ortho intramolecular Hbond substituents is 2. The van der Waals surface area contributed by atoms with Gasteiger partial charge in [0.25, 0.3) is 11.6 Å². The lowest BCUT2D eigenvalue weighted by molar-refractivity contribution is -0.384. The van der Waals surface area contributed by atoms with E-state index in [1.54, 1.807) is 42.5 Å². The Morgan fingerprint density at radius 2 is 1.67 bits per heavy atom. The number of aliphatic imine (C=N–C) groups is 1. The summed E-state index contributed by atoms with van der Waals surface area (Å²) < 4.78 is 0. The molecule has 2 N–H and O–H groups in total. The van der Waals surface area contributed by atoms with E-state index in [0.29, 0.717) is 11.1 Å². The van der Waals surface area contributed by atoms with Crippen LogP contribution >= 0.6 is 0 Å². The molecule has 1 amide bonds. The lowest BCUT2D eigenvalue weighted by Crippen LogP contribution is -2.32. The highest BCUT2D eigenvalue weighted by atomic mass is 16.6. The van der Waals surface area contributed by atoms with Crippen molar-refractivity contribution in [3.63, 3.8) is 0 Å². The molecular weight excluding hydrogens is 386 g/mol. The number of phenols is 2. The van der Waals surface area contributed by atoms with Crippen LogP contribution in [0.2, 0.25) is 0 Å². The average Bonchev–Trinajstić information content (AvgIpc) is 3.06. The number of anilines is 1. The molecule has 1 aliphatic heterocycles. The highest BCUT2D eigenvalue weighted by Crippen LogP contribution is 2.36. The van der Waals surface area contributed by atoms with Crippen LogP contribution in [0.5, 0.6) is 11.5 Å². The van der Waals surface area contributed by atoms with Crippen LogP contribution in [0, 0.1) is 10.1 Å². The molecule has 30 heavy (non-hydrogen) atoms. The van der Waals surface area contributed by atoms with Crippen molar-refractivity contribution in [2.24, 2.45) is 4.99 Å². The van der Waals surface area contributed by atoms with E-state index >= 15 is 0 Å². The molecule has 0 bridgehead atoms. The van der Waals surface area contributed by atoms with Crippen LogP contribution in [0.1, 0.15) is 11.1 Å². The van der Waals surface area contributed by atoms with Gasteiger partial charge in [-0.3, -0.25) is 19.8 Å². The highest BCUT2D eigenvalue weighted by molar-refractivity contribution is 6.33. The number of carbonyl (C=O) groups excluding carboxylic acids is 1. The van der Waals surface area contributed by atoms with Crippen LogP contribution in [0.15, 0.2) is 83.5 Å². The Hall–Kier alpha value is -4.46. The number of carbonyl (C=O) groups is 1. The third-order valence-electron chi connectivity index (χ3n) is 4.50. The van der Waals surface area contributed by atoms with E-state index in [-0.39, 0.29) is 28.7 Å². The topological polar surface area (TPSA) is 116 Å². The Labute approximate surface area is 170 Å². The molecule has 8 nitrogen and oxygen atoms in total. The minimum Gasteiger partial charge on any atom is -0.508 e. The third-order valence-corrected chi connectivity index (χ3v) is 4.50. The van der Waals surface area contributed by atoms with Gasteiger partial charge in [0.1, 0.15) is 23.0 Å². The number of hydrogen-bond acceptors (Lipinski definition) is 6. The molecule has 0 unspecified atom stereocenters. The lowest BCUT2D eigenvalue weighted by Gasteiger charge is -2.19. The quantitative estimate of drug-likeness (QED) is 0.391. The highest BCUT2D eigenvalue weighted by Gasteiger charge is 2.34. The second kappa shape index (κ2) is 7.51. The van der Waals surface area contributed by atoms with Crippen LogP contribution in [-0.4, -0.2) is 26.9 Å². The second-order valence-corrected chi connectivity index (χ2v) is 6.49. The molecule has 0 aliphatic carbocycles. The van der Waals surface area contributed by atoms with E-state index in [1.807, 2.05) is 6.07 Å². The Morgan fingerprint density at radius 1 is 0.967 bits per heavy atom. The van der Waals surface area contributed by atoms with Crippen molar-refractivity contribution in [3.05, 3.63) is 99.7 Å². The first-order valence-electron chi connectivity index (χ1n) is 8.91. The van der Waals surface area contributed by atoms with Gasteiger partial charge in [0.2, 0.25) is 0 Å². The number of rotatable bonds is 4. The summed E-state index contributed by atoms with van der Waals surface area (Å²) in [5, 5.41) is 30.8. The van der Waals surface area contributed by atoms with Crippen LogP contribution in [0.25, 0.3) is 6.08 Å². The Kier molecular flexibility index (Phi) is 4.73. The SMILES string of the molecule is O=C1/C(=C\c2ccc(O)cc2)N=C(c2ccccc2)N1c1ccc([N+](=O)[O-])cc1O. The maximum atomic E-state index is 13.2. The molecule has 1 heterocycles. The van der Waals surface area contributed by atoms with Gasteiger partial charge in [0, 0.05) is 11.6 Å². The Balaban J connectivity index is 1.83. The van der Waals surface area contributed by atoms with Crippen molar-refractivity contribution < 1.29 is 19.9 Å². The molecule has 0 saturated carbocycles. The number of amidine groups is 1. The fraction of sp³-hybridized carbons (Fsp3) is 0. The minimum absolute atomic E-state index is 0.0855. The van der Waals surface area contributed by atoms with Crippen LogP contribution < -0.4 is 4.90 Å². The molecule has 0 radical (unpaired) electrons. The van der Waals surface area contributed by atoms with Gasteiger partial charge in [-0.2, -0.15) is 0 Å². The molecule has 0 saturated heterocycles. The van der Waals surface area contributed by atoms with Gasteiger partial charge < -0.3 is 10.2 Å². The molecular formula is C22H15N3O5. The van der Waals surface area contributed by atoms with E-state index in [4.69, 9.17) is 0 Å². The molecule has 3 aromatic rings. The van der Waals surface area contributed by atoms with Crippen molar-refractivity contribution in [2.75, 3.05) is 4.90 Å².